The molecule has 0 spiro atoms. The quantitative estimate of drug-likeness (QED) is 0.0814. The van der Waals surface area contributed by atoms with Crippen molar-refractivity contribution < 1.29 is 46.9 Å². The molecule has 2 aliphatic rings. The summed E-state index contributed by atoms with van der Waals surface area (Å²) in [6.07, 6.45) is 5.71. The first-order valence-electron chi connectivity index (χ1n) is 28.0. The Kier molecular flexibility index (Phi) is 26.4. The van der Waals surface area contributed by atoms with Crippen molar-refractivity contribution in [1.82, 2.24) is 0 Å². The molecule has 10 nitrogen and oxygen atoms in total. The smallest absolute Gasteiger partial charge is 0.333 e. The number of Topliss-reactive ketones (excluding diaryl/α,β-unsaturated/α-hetero) is 1. The van der Waals surface area contributed by atoms with Crippen LogP contribution in [0.5, 0.6) is 5.75 Å². The first kappa shape index (κ1) is 63.1. The standard InChI is InChI=1S/C58H102O10Si3/c1-18-69(19-2,20-3)66-50-39-52(60)56(63-41-48-31-33-49(62-17)34-32-48)54(67-70(21-4,22-5)23-6)45(13)38-47(15)64-57(61)44(12)29-27-28-30-51(59)55-53(65-55)37-43(11)35-42(10)36-46(14)58(16,40-50)68-71(24-7,25-8)26-9/h29,31-34,36,43,45,47,50-51,53-56,59H,10,18-28,30,35,37-41H2,1-9,11-17H3/b44-29+,46-36+/t43-,45-,47+,50-,51-,53+,54+,55+,56+,58-/m1/s1. The molecule has 10 atom stereocenters. The van der Waals surface area contributed by atoms with E-state index < -0.39 is 61.1 Å². The van der Waals surface area contributed by atoms with E-state index in [0.717, 1.165) is 96.1 Å². The lowest BCUT2D eigenvalue weighted by Gasteiger charge is -2.45. The average Bonchev–Trinajstić information content (AvgIpc) is 4.13. The van der Waals surface area contributed by atoms with E-state index in [1.165, 1.54) is 0 Å². The van der Waals surface area contributed by atoms with E-state index in [9.17, 15) is 9.90 Å². The number of rotatable bonds is 19. The van der Waals surface area contributed by atoms with Gasteiger partial charge in [0.15, 0.2) is 30.7 Å². The Labute approximate surface area is 436 Å². The highest BCUT2D eigenvalue weighted by Crippen LogP contribution is 2.41. The number of benzene rings is 1. The summed E-state index contributed by atoms with van der Waals surface area (Å²) >= 11 is 0. The molecule has 71 heavy (non-hydrogen) atoms. The predicted molar refractivity (Wildman–Crippen MR) is 300 cm³/mol. The number of ketones is 1. The first-order chi connectivity index (χ1) is 33.6. The minimum absolute atomic E-state index is 0.0146. The molecule has 0 amide bonds. The van der Waals surface area contributed by atoms with Crippen molar-refractivity contribution in [3.63, 3.8) is 0 Å². The van der Waals surface area contributed by atoms with Gasteiger partial charge in [-0.25, -0.2) is 4.79 Å². The highest BCUT2D eigenvalue weighted by atomic mass is 28.4. The predicted octanol–water partition coefficient (Wildman–Crippen LogP) is 14.6. The fourth-order valence-corrected chi connectivity index (χ4v) is 20.0. The lowest BCUT2D eigenvalue weighted by atomic mass is 9.85. The van der Waals surface area contributed by atoms with E-state index in [0.29, 0.717) is 31.3 Å². The molecule has 1 aromatic carbocycles. The van der Waals surface area contributed by atoms with Gasteiger partial charge in [-0.2, -0.15) is 0 Å². The fourth-order valence-electron chi connectivity index (χ4n) is 11.1. The molecule has 0 unspecified atom stereocenters. The average molecular weight is 1040 g/mol. The third-order valence-electron chi connectivity index (χ3n) is 16.8. The van der Waals surface area contributed by atoms with Crippen molar-refractivity contribution in [3.05, 3.63) is 65.3 Å². The van der Waals surface area contributed by atoms with Gasteiger partial charge in [-0.3, -0.25) is 4.79 Å². The minimum atomic E-state index is -2.36. The van der Waals surface area contributed by atoms with Gasteiger partial charge in [0.1, 0.15) is 18.0 Å². The largest absolute Gasteiger partial charge is 0.497 e. The number of esters is 1. The normalized spacial score (nSPS) is 30.4. The summed E-state index contributed by atoms with van der Waals surface area (Å²) in [5.74, 6) is 0.414. The topological polar surface area (TPSA) is 122 Å². The number of ether oxygens (including phenoxy) is 4. The second-order valence-electron chi connectivity index (χ2n) is 21.8. The number of hydrogen-bond donors (Lipinski definition) is 1. The summed E-state index contributed by atoms with van der Waals surface area (Å²) in [4.78, 5) is 29.5. The van der Waals surface area contributed by atoms with Crippen LogP contribution in [0, 0.1) is 11.8 Å². The number of methoxy groups -OCH3 is 1. The van der Waals surface area contributed by atoms with Crippen molar-refractivity contribution in [2.24, 2.45) is 11.8 Å². The van der Waals surface area contributed by atoms with Gasteiger partial charge in [0.2, 0.25) is 0 Å². The molecule has 0 aromatic heterocycles. The van der Waals surface area contributed by atoms with Crippen molar-refractivity contribution >= 4 is 36.7 Å². The second-order valence-corrected chi connectivity index (χ2v) is 36.0. The van der Waals surface area contributed by atoms with Gasteiger partial charge in [0, 0.05) is 18.4 Å². The molecule has 0 aliphatic carbocycles. The SMILES string of the molecule is C=C1/C=C(\C)[C@](C)(O[Si](CC)(CC)CC)C[C@H](O[Si](CC)(CC)CC)CC(=O)[C@H](OCc2ccc(OC)cc2)[C@@H](O[Si](CC)(CC)CC)[C@H](C)C[C@H](C)OC(=O)/C(C)=C/CCC[C@@H](O)[C@@H]2O[C@H]2C[C@H](C)C1. The maximum Gasteiger partial charge on any atom is 0.333 e. The molecule has 1 fully saturated rings. The van der Waals surface area contributed by atoms with Crippen molar-refractivity contribution in [3.8, 4) is 5.75 Å². The van der Waals surface area contributed by atoms with Gasteiger partial charge in [-0.1, -0.05) is 113 Å². The highest BCUT2D eigenvalue weighted by Gasteiger charge is 2.47. The number of cyclic esters (lactones) is 1. The van der Waals surface area contributed by atoms with Crippen LogP contribution in [0.15, 0.2) is 59.7 Å². The number of aliphatic hydroxyl groups is 1. The van der Waals surface area contributed by atoms with Crippen LogP contribution in [0.3, 0.4) is 0 Å². The van der Waals surface area contributed by atoms with Gasteiger partial charge in [0.25, 0.3) is 0 Å². The molecule has 13 heteroatoms. The Morgan fingerprint density at radius 3 is 1.90 bits per heavy atom. The van der Waals surface area contributed by atoms with Gasteiger partial charge in [-0.15, -0.1) is 0 Å². The van der Waals surface area contributed by atoms with Gasteiger partial charge >= 0.3 is 5.97 Å². The van der Waals surface area contributed by atoms with Crippen molar-refractivity contribution in [1.29, 1.82) is 0 Å². The molecule has 0 bridgehead atoms. The van der Waals surface area contributed by atoms with Crippen LogP contribution in [0.1, 0.15) is 161 Å². The number of epoxide rings is 1. The molecule has 0 saturated carbocycles. The Balaban J connectivity index is 2.31. The second kappa shape index (κ2) is 29.8. The molecular weight excluding hydrogens is 941 g/mol. The summed E-state index contributed by atoms with van der Waals surface area (Å²) in [6.45, 7) is 37.5. The molecule has 0 radical (unpaired) electrons. The summed E-state index contributed by atoms with van der Waals surface area (Å²) in [6, 6.07) is 16.3. The lowest BCUT2D eigenvalue weighted by molar-refractivity contribution is -0.149. The van der Waals surface area contributed by atoms with E-state index in [4.69, 9.17) is 32.2 Å². The summed E-state index contributed by atoms with van der Waals surface area (Å²) < 4.78 is 47.4. The summed E-state index contributed by atoms with van der Waals surface area (Å²) in [7, 11) is -5.25. The van der Waals surface area contributed by atoms with E-state index in [-0.39, 0.29) is 48.8 Å². The highest BCUT2D eigenvalue weighted by molar-refractivity contribution is 6.74. The zero-order chi connectivity index (χ0) is 53.2. The number of aliphatic hydroxyl groups excluding tert-OH is 1. The van der Waals surface area contributed by atoms with Crippen LogP contribution in [0.25, 0.3) is 0 Å². The molecule has 1 aromatic rings. The zero-order valence-electron chi connectivity index (χ0n) is 47.7. The minimum Gasteiger partial charge on any atom is -0.497 e. The molecule has 2 aliphatic heterocycles. The molecule has 1 N–H and O–H groups in total. The maximum atomic E-state index is 15.9. The maximum absolute atomic E-state index is 15.9. The van der Waals surface area contributed by atoms with Gasteiger partial charge in [0.05, 0.1) is 49.8 Å². The van der Waals surface area contributed by atoms with Crippen LogP contribution in [-0.2, 0) is 43.7 Å². The third-order valence-corrected chi connectivity index (χ3v) is 30.9. The number of carbonyl (C=O) groups is 2. The Morgan fingerprint density at radius 2 is 1.35 bits per heavy atom. The van der Waals surface area contributed by atoms with Crippen LogP contribution < -0.4 is 4.74 Å². The van der Waals surface area contributed by atoms with Gasteiger partial charge < -0.3 is 37.3 Å². The Morgan fingerprint density at radius 1 is 0.789 bits per heavy atom. The summed E-state index contributed by atoms with van der Waals surface area (Å²) in [5.41, 5.74) is 2.84. The Hall–Kier alpha value is -2.21. The Bertz CT molecular complexity index is 1810. The van der Waals surface area contributed by atoms with Crippen LogP contribution >= 0.6 is 0 Å². The van der Waals surface area contributed by atoms with E-state index in [2.05, 4.69) is 103 Å². The number of hydrogen-bond acceptors (Lipinski definition) is 10. The first-order valence-corrected chi connectivity index (χ1v) is 35.6. The molecular formula is C58H102O10Si3. The monoisotopic (exact) mass is 1040 g/mol. The van der Waals surface area contributed by atoms with E-state index in [1.54, 1.807) is 14.0 Å². The summed E-state index contributed by atoms with van der Waals surface area (Å²) in [5, 5.41) is 11.1. The van der Waals surface area contributed by atoms with Crippen molar-refractivity contribution in [2.45, 2.75) is 265 Å². The van der Waals surface area contributed by atoms with Gasteiger partial charge in [-0.05, 0) is 156 Å². The van der Waals surface area contributed by atoms with E-state index >= 15 is 4.79 Å². The molecule has 3 rings (SSSR count). The number of carbonyl (C=O) groups excluding carboxylic acids is 2. The number of allylic oxidation sites excluding steroid dienone is 3. The molecule has 1 saturated heterocycles. The van der Waals surface area contributed by atoms with Crippen molar-refractivity contribution in [2.75, 3.05) is 7.11 Å². The van der Waals surface area contributed by atoms with E-state index in [1.807, 2.05) is 37.3 Å². The number of fused-ring (bicyclic) bond motifs is 1. The van der Waals surface area contributed by atoms with Crippen LogP contribution in [-0.4, -0.2) is 97.2 Å². The zero-order valence-corrected chi connectivity index (χ0v) is 50.7. The fraction of sp³-hybridized carbons (Fsp3) is 0.759. The molecule has 406 valence electrons. The lowest BCUT2D eigenvalue weighted by Crippen LogP contribution is -2.53. The third kappa shape index (κ3) is 18.5. The van der Waals surface area contributed by atoms with Crippen LogP contribution in [0.4, 0.5) is 0 Å². The molecule has 2 heterocycles. The van der Waals surface area contributed by atoms with Crippen LogP contribution in [0.2, 0.25) is 54.4 Å².